The molecule has 0 saturated carbocycles. The lowest BCUT2D eigenvalue weighted by Gasteiger charge is -2.31. The van der Waals surface area contributed by atoms with Gasteiger partial charge in [0, 0.05) is 60.3 Å². The molecule has 0 radical (unpaired) electrons. The molecule has 0 bridgehead atoms. The topological polar surface area (TPSA) is 28.2 Å². The number of nitrogens with one attached hydrogen (secondary N) is 1. The van der Waals surface area contributed by atoms with Crippen LogP contribution in [-0.4, -0.2) is 30.0 Å². The normalized spacial score (nSPS) is 16.6. The standard InChI is InChI=1S/C32H33N3/c1-5-22(3)35-18-16-23(17-19-35)29-20-30-27(13-14-28(30)32(33-4)26(29)6-2)25-12-15-31(34-21-25)24-10-8-7-9-11-24/h6-16,20-21,27,33H,2-3,5,17-19H2,1,4H3. The Bertz CT molecular complexity index is 1310. The summed E-state index contributed by atoms with van der Waals surface area (Å²) in [5.41, 5.74) is 12.2. The quantitative estimate of drug-likeness (QED) is 0.394. The SMILES string of the molecule is C=Cc1c(C2=CCN(C(=C)CC)CC2)cc2c(c1NC)C=CC2c1ccc(-c2ccccc2)nc1. The summed E-state index contributed by atoms with van der Waals surface area (Å²) in [6.45, 7) is 12.5. The Morgan fingerprint density at radius 3 is 2.66 bits per heavy atom. The maximum Gasteiger partial charge on any atom is 0.0702 e. The van der Waals surface area contributed by atoms with E-state index in [1.807, 2.05) is 25.4 Å². The van der Waals surface area contributed by atoms with E-state index in [0.717, 1.165) is 42.9 Å². The van der Waals surface area contributed by atoms with Gasteiger partial charge in [0.05, 0.1) is 5.69 Å². The third-order valence-corrected chi connectivity index (χ3v) is 7.31. The number of fused-ring (bicyclic) bond motifs is 1. The number of nitrogens with zero attached hydrogens (tertiary/aromatic N) is 2. The summed E-state index contributed by atoms with van der Waals surface area (Å²) < 4.78 is 0. The Balaban J connectivity index is 1.52. The summed E-state index contributed by atoms with van der Waals surface area (Å²) in [6, 6.07) is 17.1. The third kappa shape index (κ3) is 4.23. The van der Waals surface area contributed by atoms with Crippen molar-refractivity contribution in [1.29, 1.82) is 0 Å². The molecule has 1 aliphatic carbocycles. The highest BCUT2D eigenvalue weighted by Crippen LogP contribution is 2.44. The first-order valence-electron chi connectivity index (χ1n) is 12.5. The second-order valence-electron chi connectivity index (χ2n) is 9.19. The van der Waals surface area contributed by atoms with Crippen molar-refractivity contribution in [3.8, 4) is 11.3 Å². The molecule has 1 atom stereocenters. The average molecular weight is 460 g/mol. The number of hydrogen-bond acceptors (Lipinski definition) is 3. The molecule has 2 aromatic carbocycles. The van der Waals surface area contributed by atoms with Crippen LogP contribution in [0.25, 0.3) is 29.0 Å². The Morgan fingerprint density at radius 2 is 2.03 bits per heavy atom. The fraction of sp³-hybridized carbons (Fsp3) is 0.219. The molecule has 3 heteroatoms. The molecular formula is C32H33N3. The van der Waals surface area contributed by atoms with Gasteiger partial charge in [-0.25, -0.2) is 0 Å². The summed E-state index contributed by atoms with van der Waals surface area (Å²) in [5.74, 6) is 0.188. The molecule has 3 aromatic rings. The lowest BCUT2D eigenvalue weighted by Crippen LogP contribution is -2.27. The summed E-state index contributed by atoms with van der Waals surface area (Å²) in [4.78, 5) is 7.18. The molecule has 2 aliphatic rings. The minimum atomic E-state index is 0.188. The monoisotopic (exact) mass is 459 g/mol. The van der Waals surface area contributed by atoms with Crippen molar-refractivity contribution in [2.75, 3.05) is 25.5 Å². The van der Waals surface area contributed by atoms with E-state index in [4.69, 9.17) is 4.98 Å². The first kappa shape index (κ1) is 22.9. The zero-order valence-corrected chi connectivity index (χ0v) is 20.7. The largest absolute Gasteiger partial charge is 0.387 e. The Morgan fingerprint density at radius 1 is 1.20 bits per heavy atom. The van der Waals surface area contributed by atoms with E-state index in [1.165, 1.54) is 39.1 Å². The highest BCUT2D eigenvalue weighted by Gasteiger charge is 2.26. The van der Waals surface area contributed by atoms with Crippen molar-refractivity contribution in [3.05, 3.63) is 114 Å². The molecule has 1 aromatic heterocycles. The van der Waals surface area contributed by atoms with Gasteiger partial charge < -0.3 is 10.2 Å². The highest BCUT2D eigenvalue weighted by atomic mass is 15.1. The Kier molecular flexibility index (Phi) is 6.41. The van der Waals surface area contributed by atoms with Crippen LogP contribution in [0.5, 0.6) is 0 Å². The molecule has 3 nitrogen and oxygen atoms in total. The fourth-order valence-corrected chi connectivity index (χ4v) is 5.30. The summed E-state index contributed by atoms with van der Waals surface area (Å²) in [5, 5.41) is 3.48. The van der Waals surface area contributed by atoms with Gasteiger partial charge in [0.25, 0.3) is 0 Å². The number of pyridine rings is 1. The summed E-state index contributed by atoms with van der Waals surface area (Å²) >= 11 is 0. The zero-order valence-electron chi connectivity index (χ0n) is 20.7. The van der Waals surface area contributed by atoms with E-state index in [1.54, 1.807) is 0 Å². The van der Waals surface area contributed by atoms with Crippen LogP contribution in [0.3, 0.4) is 0 Å². The van der Waals surface area contributed by atoms with E-state index in [0.29, 0.717) is 0 Å². The number of allylic oxidation sites excluding steroid dienone is 2. The van der Waals surface area contributed by atoms with Gasteiger partial charge in [0.15, 0.2) is 0 Å². The van der Waals surface area contributed by atoms with Crippen molar-refractivity contribution in [3.63, 3.8) is 0 Å². The highest BCUT2D eigenvalue weighted by molar-refractivity contribution is 5.89. The number of hydrogen-bond donors (Lipinski definition) is 1. The van der Waals surface area contributed by atoms with Gasteiger partial charge in [-0.15, -0.1) is 0 Å². The molecule has 0 amide bonds. The van der Waals surface area contributed by atoms with Gasteiger partial charge >= 0.3 is 0 Å². The zero-order chi connectivity index (χ0) is 24.4. The van der Waals surface area contributed by atoms with Crippen LogP contribution in [-0.2, 0) is 0 Å². The molecule has 1 unspecified atom stereocenters. The predicted molar refractivity (Wildman–Crippen MR) is 150 cm³/mol. The maximum atomic E-state index is 4.80. The number of anilines is 1. The van der Waals surface area contributed by atoms with Crippen molar-refractivity contribution in [1.82, 2.24) is 9.88 Å². The lowest BCUT2D eigenvalue weighted by molar-refractivity contribution is 0.370. The molecule has 2 heterocycles. The minimum absolute atomic E-state index is 0.188. The van der Waals surface area contributed by atoms with Gasteiger partial charge in [-0.05, 0) is 47.2 Å². The van der Waals surface area contributed by atoms with Gasteiger partial charge in [-0.1, -0.05) is 80.8 Å². The van der Waals surface area contributed by atoms with Crippen LogP contribution in [0.15, 0.2) is 85.7 Å². The van der Waals surface area contributed by atoms with E-state index in [2.05, 4.69) is 91.0 Å². The molecule has 176 valence electrons. The number of rotatable bonds is 7. The minimum Gasteiger partial charge on any atom is -0.387 e. The predicted octanol–water partition coefficient (Wildman–Crippen LogP) is 7.60. The molecule has 1 N–H and O–H groups in total. The fourth-order valence-electron chi connectivity index (χ4n) is 5.30. The lowest BCUT2D eigenvalue weighted by atomic mass is 9.85. The van der Waals surface area contributed by atoms with Crippen molar-refractivity contribution in [2.24, 2.45) is 0 Å². The third-order valence-electron chi connectivity index (χ3n) is 7.31. The van der Waals surface area contributed by atoms with Gasteiger partial charge in [-0.2, -0.15) is 0 Å². The van der Waals surface area contributed by atoms with Crippen LogP contribution in [0.2, 0.25) is 0 Å². The van der Waals surface area contributed by atoms with Gasteiger partial charge in [-0.3, -0.25) is 4.98 Å². The van der Waals surface area contributed by atoms with E-state index in [9.17, 15) is 0 Å². The van der Waals surface area contributed by atoms with E-state index in [-0.39, 0.29) is 5.92 Å². The molecule has 0 spiro atoms. The van der Waals surface area contributed by atoms with Gasteiger partial charge in [0.2, 0.25) is 0 Å². The smallest absolute Gasteiger partial charge is 0.0702 e. The second kappa shape index (κ2) is 9.79. The van der Waals surface area contributed by atoms with Crippen LogP contribution in [0, 0.1) is 0 Å². The van der Waals surface area contributed by atoms with Crippen LogP contribution >= 0.6 is 0 Å². The molecule has 1 aliphatic heterocycles. The van der Waals surface area contributed by atoms with Crippen molar-refractivity contribution >= 4 is 23.4 Å². The number of benzene rings is 2. The molecule has 35 heavy (non-hydrogen) atoms. The molecule has 5 rings (SSSR count). The average Bonchev–Trinajstić information content (AvgIpc) is 3.36. The van der Waals surface area contributed by atoms with Crippen LogP contribution < -0.4 is 5.32 Å². The van der Waals surface area contributed by atoms with Crippen molar-refractivity contribution < 1.29 is 0 Å². The first-order valence-corrected chi connectivity index (χ1v) is 12.5. The maximum absolute atomic E-state index is 4.80. The Hall–Kier alpha value is -3.85. The summed E-state index contributed by atoms with van der Waals surface area (Å²) in [6.07, 6.45) is 12.9. The first-order chi connectivity index (χ1) is 17.1. The van der Waals surface area contributed by atoms with Crippen LogP contribution in [0.1, 0.15) is 53.5 Å². The van der Waals surface area contributed by atoms with Crippen LogP contribution in [0.4, 0.5) is 5.69 Å². The van der Waals surface area contributed by atoms with E-state index >= 15 is 0 Å². The molecule has 0 saturated heterocycles. The molecular weight excluding hydrogens is 426 g/mol. The van der Waals surface area contributed by atoms with Gasteiger partial charge in [0.1, 0.15) is 0 Å². The Labute approximate surface area is 209 Å². The van der Waals surface area contributed by atoms with E-state index < -0.39 is 0 Å². The van der Waals surface area contributed by atoms with Crippen molar-refractivity contribution in [2.45, 2.75) is 25.7 Å². The molecule has 0 fully saturated rings. The number of aromatic nitrogens is 1. The second-order valence-corrected chi connectivity index (χ2v) is 9.19. The summed E-state index contributed by atoms with van der Waals surface area (Å²) in [7, 11) is 2.01.